The number of rotatable bonds is 7. The van der Waals surface area contributed by atoms with Gasteiger partial charge in [0.1, 0.15) is 5.75 Å². The van der Waals surface area contributed by atoms with Crippen LogP contribution in [0.25, 0.3) is 0 Å². The highest BCUT2D eigenvalue weighted by Crippen LogP contribution is 2.19. The molecule has 1 unspecified atom stereocenters. The first-order valence-corrected chi connectivity index (χ1v) is 6.77. The van der Waals surface area contributed by atoms with Gasteiger partial charge in [0.25, 0.3) is 0 Å². The highest BCUT2D eigenvalue weighted by molar-refractivity contribution is 5.76. The molecule has 1 atom stereocenters. The lowest BCUT2D eigenvalue weighted by Crippen LogP contribution is -2.31. The van der Waals surface area contributed by atoms with E-state index in [-0.39, 0.29) is 11.9 Å². The second-order valence-electron chi connectivity index (χ2n) is 4.81. The Balaban J connectivity index is 2.41. The van der Waals surface area contributed by atoms with Gasteiger partial charge in [-0.05, 0) is 44.4 Å². The molecule has 0 saturated carbocycles. The molecule has 4 nitrogen and oxygen atoms in total. The third-order valence-corrected chi connectivity index (χ3v) is 2.78. The van der Waals surface area contributed by atoms with Gasteiger partial charge >= 0.3 is 0 Å². The second kappa shape index (κ2) is 7.79. The van der Waals surface area contributed by atoms with Crippen molar-refractivity contribution in [2.24, 2.45) is 5.73 Å². The third kappa shape index (κ3) is 5.75. The number of hydrogen-bond donors (Lipinski definition) is 2. The van der Waals surface area contributed by atoms with Crippen molar-refractivity contribution in [3.63, 3.8) is 0 Å². The van der Waals surface area contributed by atoms with E-state index in [0.717, 1.165) is 17.7 Å². The lowest BCUT2D eigenvalue weighted by molar-refractivity contribution is -0.121. The van der Waals surface area contributed by atoms with E-state index in [9.17, 15) is 4.79 Å². The molecule has 0 saturated heterocycles. The normalized spacial score (nSPS) is 12.0. The molecule has 1 amide bonds. The number of ether oxygens (including phenoxy) is 1. The van der Waals surface area contributed by atoms with Gasteiger partial charge in [-0.25, -0.2) is 0 Å². The summed E-state index contributed by atoms with van der Waals surface area (Å²) < 4.78 is 5.49. The highest BCUT2D eigenvalue weighted by Gasteiger charge is 2.05. The van der Waals surface area contributed by atoms with Crippen molar-refractivity contribution in [3.05, 3.63) is 29.3 Å². The lowest BCUT2D eigenvalue weighted by atomic mass is 10.1. The maximum absolute atomic E-state index is 11.4. The van der Waals surface area contributed by atoms with Gasteiger partial charge in [0.2, 0.25) is 5.91 Å². The quantitative estimate of drug-likeness (QED) is 0.789. The molecule has 0 heterocycles. The van der Waals surface area contributed by atoms with Gasteiger partial charge in [-0.15, -0.1) is 0 Å². The molecule has 0 aliphatic carbocycles. The van der Waals surface area contributed by atoms with Crippen molar-refractivity contribution in [1.29, 1.82) is 0 Å². The minimum atomic E-state index is -0.0901. The Morgan fingerprint density at radius 2 is 2.21 bits per heavy atom. The highest BCUT2D eigenvalue weighted by atomic mass is 16.5. The second-order valence-corrected chi connectivity index (χ2v) is 4.81. The Labute approximate surface area is 115 Å². The predicted molar refractivity (Wildman–Crippen MR) is 77.3 cm³/mol. The number of hydrogen-bond acceptors (Lipinski definition) is 3. The Kier molecular flexibility index (Phi) is 6.36. The van der Waals surface area contributed by atoms with E-state index in [1.807, 2.05) is 32.9 Å². The molecule has 0 aliphatic rings. The molecule has 1 aromatic rings. The number of amides is 1. The molecular formula is C15H24N2O2. The Morgan fingerprint density at radius 3 is 2.79 bits per heavy atom. The molecule has 106 valence electrons. The standard InChI is InChI=1S/C15H24N2O2/c1-4-19-14-6-5-13(9-11(14)2)7-8-17-15(18)10-12(3)16/h5-6,9,12H,4,7-8,10,16H2,1-3H3,(H,17,18). The van der Waals surface area contributed by atoms with Gasteiger partial charge in [-0.2, -0.15) is 0 Å². The Bertz CT molecular complexity index is 417. The monoisotopic (exact) mass is 264 g/mol. The summed E-state index contributed by atoms with van der Waals surface area (Å²) >= 11 is 0. The van der Waals surface area contributed by atoms with Crippen molar-refractivity contribution in [2.75, 3.05) is 13.2 Å². The first kappa shape index (κ1) is 15.5. The zero-order chi connectivity index (χ0) is 14.3. The van der Waals surface area contributed by atoms with E-state index < -0.39 is 0 Å². The van der Waals surface area contributed by atoms with Crippen LogP contribution in [-0.2, 0) is 11.2 Å². The van der Waals surface area contributed by atoms with Crippen LogP contribution in [0.2, 0.25) is 0 Å². The fourth-order valence-corrected chi connectivity index (χ4v) is 1.90. The van der Waals surface area contributed by atoms with Crippen LogP contribution >= 0.6 is 0 Å². The molecule has 0 aliphatic heterocycles. The molecule has 4 heteroatoms. The van der Waals surface area contributed by atoms with Crippen molar-refractivity contribution in [3.8, 4) is 5.75 Å². The van der Waals surface area contributed by atoms with E-state index in [2.05, 4.69) is 11.4 Å². The first-order chi connectivity index (χ1) is 9.02. The third-order valence-electron chi connectivity index (χ3n) is 2.78. The van der Waals surface area contributed by atoms with E-state index >= 15 is 0 Å². The molecule has 0 radical (unpaired) electrons. The van der Waals surface area contributed by atoms with E-state index in [4.69, 9.17) is 10.5 Å². The van der Waals surface area contributed by atoms with Crippen molar-refractivity contribution >= 4 is 5.91 Å². The summed E-state index contributed by atoms with van der Waals surface area (Å²) in [6.07, 6.45) is 1.19. The van der Waals surface area contributed by atoms with E-state index in [1.165, 1.54) is 5.56 Å². The molecule has 3 N–H and O–H groups in total. The van der Waals surface area contributed by atoms with Gasteiger partial charge in [0, 0.05) is 19.0 Å². The maximum atomic E-state index is 11.4. The molecule has 0 bridgehead atoms. The van der Waals surface area contributed by atoms with E-state index in [0.29, 0.717) is 19.6 Å². The zero-order valence-corrected chi connectivity index (χ0v) is 12.0. The van der Waals surface area contributed by atoms with Gasteiger partial charge in [-0.3, -0.25) is 4.79 Å². The fraction of sp³-hybridized carbons (Fsp3) is 0.533. The van der Waals surface area contributed by atoms with Crippen LogP contribution in [-0.4, -0.2) is 25.1 Å². The van der Waals surface area contributed by atoms with Gasteiger partial charge < -0.3 is 15.8 Å². The van der Waals surface area contributed by atoms with Crippen molar-refractivity contribution < 1.29 is 9.53 Å². The molecular weight excluding hydrogens is 240 g/mol. The fourth-order valence-electron chi connectivity index (χ4n) is 1.90. The SMILES string of the molecule is CCOc1ccc(CCNC(=O)CC(C)N)cc1C. The number of carbonyl (C=O) groups excluding carboxylic acids is 1. The maximum Gasteiger partial charge on any atom is 0.221 e. The zero-order valence-electron chi connectivity index (χ0n) is 12.0. The van der Waals surface area contributed by atoms with Crippen LogP contribution in [0.1, 0.15) is 31.4 Å². The topological polar surface area (TPSA) is 64.3 Å². The first-order valence-electron chi connectivity index (χ1n) is 6.77. The summed E-state index contributed by atoms with van der Waals surface area (Å²) in [5.41, 5.74) is 7.89. The van der Waals surface area contributed by atoms with E-state index in [1.54, 1.807) is 0 Å². The van der Waals surface area contributed by atoms with Crippen molar-refractivity contribution in [1.82, 2.24) is 5.32 Å². The lowest BCUT2D eigenvalue weighted by Gasteiger charge is -2.10. The predicted octanol–water partition coefficient (Wildman–Crippen LogP) is 1.79. The smallest absolute Gasteiger partial charge is 0.221 e. The average molecular weight is 264 g/mol. The number of nitrogens with one attached hydrogen (secondary N) is 1. The minimum Gasteiger partial charge on any atom is -0.494 e. The summed E-state index contributed by atoms with van der Waals surface area (Å²) in [7, 11) is 0. The van der Waals surface area contributed by atoms with Crippen LogP contribution < -0.4 is 15.8 Å². The van der Waals surface area contributed by atoms with Crippen LogP contribution in [0, 0.1) is 6.92 Å². The van der Waals surface area contributed by atoms with Crippen molar-refractivity contribution in [2.45, 2.75) is 39.7 Å². The van der Waals surface area contributed by atoms with Crippen LogP contribution in [0.3, 0.4) is 0 Å². The minimum absolute atomic E-state index is 0.0117. The molecule has 0 aromatic heterocycles. The molecule has 1 aromatic carbocycles. The number of aryl methyl sites for hydroxylation is 1. The van der Waals surface area contributed by atoms with Gasteiger partial charge in [-0.1, -0.05) is 12.1 Å². The number of carbonyl (C=O) groups is 1. The Morgan fingerprint density at radius 1 is 1.47 bits per heavy atom. The number of benzene rings is 1. The molecule has 0 fully saturated rings. The largest absolute Gasteiger partial charge is 0.494 e. The molecule has 1 rings (SSSR count). The van der Waals surface area contributed by atoms with Crippen LogP contribution in [0.5, 0.6) is 5.75 Å². The summed E-state index contributed by atoms with van der Waals surface area (Å²) in [5, 5.41) is 2.87. The summed E-state index contributed by atoms with van der Waals surface area (Å²) in [5.74, 6) is 0.935. The summed E-state index contributed by atoms with van der Waals surface area (Å²) in [6, 6.07) is 6.03. The molecule has 0 spiro atoms. The van der Waals surface area contributed by atoms with Crippen LogP contribution in [0.15, 0.2) is 18.2 Å². The number of nitrogens with two attached hydrogens (primary N) is 1. The summed E-state index contributed by atoms with van der Waals surface area (Å²) in [4.78, 5) is 11.4. The average Bonchev–Trinajstić information content (AvgIpc) is 2.32. The van der Waals surface area contributed by atoms with Gasteiger partial charge in [0.15, 0.2) is 0 Å². The molecule has 19 heavy (non-hydrogen) atoms. The summed E-state index contributed by atoms with van der Waals surface area (Å²) in [6.45, 7) is 7.15. The Hall–Kier alpha value is -1.55. The van der Waals surface area contributed by atoms with Gasteiger partial charge in [0.05, 0.1) is 6.61 Å². The van der Waals surface area contributed by atoms with Crippen LogP contribution in [0.4, 0.5) is 0 Å².